The Morgan fingerprint density at radius 1 is 1.00 bits per heavy atom. The van der Waals surface area contributed by atoms with E-state index in [1.807, 2.05) is 0 Å². The van der Waals surface area contributed by atoms with Crippen LogP contribution in [-0.2, 0) is 0 Å². The fourth-order valence-corrected chi connectivity index (χ4v) is 5.14. The third kappa shape index (κ3) is 0.358. The quantitative estimate of drug-likeness (QED) is 0.555. The smallest absolute Gasteiger partial charge is 0.0165 e. The van der Waals surface area contributed by atoms with Gasteiger partial charge in [-0.05, 0) is 55.3 Å². The van der Waals surface area contributed by atoms with Crippen molar-refractivity contribution in [2.24, 2.45) is 28.9 Å². The van der Waals surface area contributed by atoms with Gasteiger partial charge in [-0.3, -0.25) is 0 Å². The summed E-state index contributed by atoms with van der Waals surface area (Å²) in [5.41, 5.74) is 7.49. The standard InChI is InChI=1S/C10H15N/c11-9-3-7-1-6-2-8(4-9)10(6,7)5-9/h6-8H,1-5,11H2/t6?,7-,8?,9?,10?/m1/s1. The van der Waals surface area contributed by atoms with Gasteiger partial charge in [0.25, 0.3) is 0 Å². The van der Waals surface area contributed by atoms with Crippen LogP contribution < -0.4 is 5.73 Å². The molecule has 2 bridgehead atoms. The highest BCUT2D eigenvalue weighted by Gasteiger charge is 2.76. The van der Waals surface area contributed by atoms with Crippen molar-refractivity contribution in [2.75, 3.05) is 0 Å². The molecule has 4 fully saturated rings. The molecule has 1 heteroatoms. The van der Waals surface area contributed by atoms with Crippen molar-refractivity contribution < 1.29 is 0 Å². The lowest BCUT2D eigenvalue weighted by atomic mass is 9.38. The summed E-state index contributed by atoms with van der Waals surface area (Å²) in [7, 11) is 0. The minimum atomic E-state index is 0.320. The van der Waals surface area contributed by atoms with Crippen molar-refractivity contribution in [3.63, 3.8) is 0 Å². The summed E-state index contributed by atoms with van der Waals surface area (Å²) < 4.78 is 0. The van der Waals surface area contributed by atoms with Crippen molar-refractivity contribution in [3.05, 3.63) is 0 Å². The van der Waals surface area contributed by atoms with Crippen LogP contribution in [-0.4, -0.2) is 5.54 Å². The van der Waals surface area contributed by atoms with Gasteiger partial charge in [0.2, 0.25) is 0 Å². The first-order valence-electron chi connectivity index (χ1n) is 5.02. The van der Waals surface area contributed by atoms with Crippen LogP contribution in [0.5, 0.6) is 0 Å². The predicted octanol–water partition coefficient (Wildman–Crippen LogP) is 1.52. The van der Waals surface area contributed by atoms with E-state index in [0.29, 0.717) is 5.54 Å². The second-order valence-electron chi connectivity index (χ2n) is 5.62. The van der Waals surface area contributed by atoms with E-state index < -0.39 is 0 Å². The molecule has 0 aromatic carbocycles. The fourth-order valence-electron chi connectivity index (χ4n) is 5.14. The molecular weight excluding hydrogens is 134 g/mol. The maximum atomic E-state index is 6.33. The van der Waals surface area contributed by atoms with Crippen LogP contribution in [0.1, 0.15) is 32.1 Å². The van der Waals surface area contributed by atoms with Crippen molar-refractivity contribution in [1.82, 2.24) is 0 Å². The van der Waals surface area contributed by atoms with Gasteiger partial charge in [-0.2, -0.15) is 0 Å². The van der Waals surface area contributed by atoms with E-state index in [1.54, 1.807) is 0 Å². The Hall–Kier alpha value is -0.0400. The number of fused-ring (bicyclic) bond motifs is 1. The second kappa shape index (κ2) is 1.19. The van der Waals surface area contributed by atoms with Gasteiger partial charge in [0.15, 0.2) is 0 Å². The molecule has 4 unspecified atom stereocenters. The van der Waals surface area contributed by atoms with E-state index >= 15 is 0 Å². The average molecular weight is 149 g/mol. The van der Waals surface area contributed by atoms with Gasteiger partial charge in [-0.1, -0.05) is 0 Å². The molecule has 0 heterocycles. The van der Waals surface area contributed by atoms with Crippen LogP contribution in [0.15, 0.2) is 0 Å². The highest BCUT2D eigenvalue weighted by molar-refractivity contribution is 5.28. The van der Waals surface area contributed by atoms with Crippen LogP contribution in [0, 0.1) is 23.2 Å². The third-order valence-electron chi connectivity index (χ3n) is 5.38. The van der Waals surface area contributed by atoms with Gasteiger partial charge in [-0.25, -0.2) is 0 Å². The Balaban J connectivity index is 1.90. The maximum Gasteiger partial charge on any atom is 0.0165 e. The van der Waals surface area contributed by atoms with Crippen molar-refractivity contribution in [1.29, 1.82) is 0 Å². The predicted molar refractivity (Wildman–Crippen MR) is 42.9 cm³/mol. The monoisotopic (exact) mass is 149 g/mol. The van der Waals surface area contributed by atoms with Crippen LogP contribution in [0.4, 0.5) is 0 Å². The first-order chi connectivity index (χ1) is 5.23. The summed E-state index contributed by atoms with van der Waals surface area (Å²) in [6.07, 6.45) is 7.23. The number of nitrogens with two attached hydrogens (primary N) is 1. The summed E-state index contributed by atoms with van der Waals surface area (Å²) >= 11 is 0. The van der Waals surface area contributed by atoms with Gasteiger partial charge in [-0.15, -0.1) is 0 Å². The molecule has 1 spiro atoms. The van der Waals surface area contributed by atoms with Crippen molar-refractivity contribution in [3.8, 4) is 0 Å². The Labute approximate surface area is 67.3 Å². The van der Waals surface area contributed by atoms with Gasteiger partial charge in [0.05, 0.1) is 0 Å². The zero-order chi connectivity index (χ0) is 7.27. The average Bonchev–Trinajstić information content (AvgIpc) is 2.32. The first kappa shape index (κ1) is 5.58. The zero-order valence-electron chi connectivity index (χ0n) is 6.84. The molecule has 0 radical (unpaired) electrons. The topological polar surface area (TPSA) is 26.0 Å². The molecule has 0 aromatic rings. The highest BCUT2D eigenvalue weighted by atomic mass is 14.9. The molecule has 0 amide bonds. The Morgan fingerprint density at radius 3 is 2.00 bits per heavy atom. The Morgan fingerprint density at radius 2 is 1.64 bits per heavy atom. The van der Waals surface area contributed by atoms with E-state index in [1.165, 1.54) is 32.1 Å². The first-order valence-corrected chi connectivity index (χ1v) is 5.02. The summed E-state index contributed by atoms with van der Waals surface area (Å²) in [5.74, 6) is 3.28. The molecule has 0 saturated heterocycles. The molecule has 4 saturated carbocycles. The lowest BCUT2D eigenvalue weighted by Gasteiger charge is -2.66. The minimum absolute atomic E-state index is 0.320. The van der Waals surface area contributed by atoms with E-state index in [9.17, 15) is 0 Å². The fraction of sp³-hybridized carbons (Fsp3) is 1.00. The van der Waals surface area contributed by atoms with Crippen molar-refractivity contribution in [2.45, 2.75) is 37.6 Å². The van der Waals surface area contributed by atoms with E-state index in [2.05, 4.69) is 0 Å². The van der Waals surface area contributed by atoms with Crippen molar-refractivity contribution >= 4 is 0 Å². The molecule has 0 aliphatic heterocycles. The summed E-state index contributed by atoms with van der Waals surface area (Å²) in [4.78, 5) is 0. The van der Waals surface area contributed by atoms with Gasteiger partial charge >= 0.3 is 0 Å². The third-order valence-corrected chi connectivity index (χ3v) is 5.38. The minimum Gasteiger partial charge on any atom is -0.325 e. The van der Waals surface area contributed by atoms with E-state index in [4.69, 9.17) is 5.73 Å². The molecule has 11 heavy (non-hydrogen) atoms. The van der Waals surface area contributed by atoms with E-state index in [-0.39, 0.29) is 0 Å². The second-order valence-corrected chi connectivity index (χ2v) is 5.62. The zero-order valence-corrected chi connectivity index (χ0v) is 6.84. The number of rotatable bonds is 0. The van der Waals surface area contributed by atoms with Gasteiger partial charge in [0, 0.05) is 5.54 Å². The molecule has 4 aliphatic carbocycles. The van der Waals surface area contributed by atoms with Crippen LogP contribution in [0.25, 0.3) is 0 Å². The van der Waals surface area contributed by atoms with Crippen LogP contribution in [0.2, 0.25) is 0 Å². The molecule has 0 aromatic heterocycles. The van der Waals surface area contributed by atoms with Gasteiger partial charge < -0.3 is 5.73 Å². The maximum absolute atomic E-state index is 6.33. The molecule has 5 atom stereocenters. The SMILES string of the molecule is NC12CC3CC4C[C@H](C1)C43C2. The molecule has 2 N–H and O–H groups in total. The van der Waals surface area contributed by atoms with Crippen LogP contribution >= 0.6 is 0 Å². The molecule has 4 aliphatic rings. The lowest BCUT2D eigenvalue weighted by molar-refractivity contribution is -0.175. The van der Waals surface area contributed by atoms with Crippen LogP contribution in [0.3, 0.4) is 0 Å². The highest BCUT2D eigenvalue weighted by Crippen LogP contribution is 2.81. The molecule has 4 rings (SSSR count). The van der Waals surface area contributed by atoms with E-state index in [0.717, 1.165) is 23.2 Å². The number of hydrogen-bond donors (Lipinski definition) is 1. The summed E-state index contributed by atoms with van der Waals surface area (Å²) in [5, 5.41) is 0. The Bertz CT molecular complexity index is 229. The molecule has 1 nitrogen and oxygen atoms in total. The number of hydrogen-bond acceptors (Lipinski definition) is 1. The normalized spacial score (nSPS) is 75.5. The lowest BCUT2D eigenvalue weighted by Crippen LogP contribution is -2.60. The summed E-state index contributed by atoms with van der Waals surface area (Å²) in [6, 6.07) is 0. The Kier molecular flexibility index (Phi) is 0.602. The molecule has 60 valence electrons. The van der Waals surface area contributed by atoms with Gasteiger partial charge in [0.1, 0.15) is 0 Å². The summed E-state index contributed by atoms with van der Waals surface area (Å²) in [6.45, 7) is 0. The molecular formula is C10H15N. The largest absolute Gasteiger partial charge is 0.325 e.